The number of aromatic amines is 1. The summed E-state index contributed by atoms with van der Waals surface area (Å²) in [5, 5.41) is 5.60. The predicted octanol–water partition coefficient (Wildman–Crippen LogP) is 1.39. The number of nitrogens with one attached hydrogen (secondary N) is 3. The highest BCUT2D eigenvalue weighted by Crippen LogP contribution is 2.36. The topological polar surface area (TPSA) is 83.2 Å². The SMILES string of the molecule is CNC(=O)c1[nH]c2ccc3c(c2c1CCNC(=O)C(F)F)CCO3. The van der Waals surface area contributed by atoms with E-state index in [1.54, 1.807) is 0 Å². The van der Waals surface area contributed by atoms with Crippen LogP contribution in [-0.4, -0.2) is 43.4 Å². The number of amides is 2. The van der Waals surface area contributed by atoms with Crippen LogP contribution in [0.5, 0.6) is 5.75 Å². The van der Waals surface area contributed by atoms with Gasteiger partial charge in [0.2, 0.25) is 0 Å². The molecule has 1 aliphatic rings. The molecule has 6 nitrogen and oxygen atoms in total. The Hall–Kier alpha value is -2.64. The second-order valence-electron chi connectivity index (χ2n) is 5.46. The van der Waals surface area contributed by atoms with Crippen LogP contribution in [0.4, 0.5) is 8.78 Å². The first-order valence-electron chi connectivity index (χ1n) is 7.60. The molecule has 0 atom stereocenters. The van der Waals surface area contributed by atoms with Crippen molar-refractivity contribution in [2.45, 2.75) is 19.3 Å². The monoisotopic (exact) mass is 337 g/mol. The number of alkyl halides is 2. The highest BCUT2D eigenvalue weighted by atomic mass is 19.3. The molecule has 0 fully saturated rings. The summed E-state index contributed by atoms with van der Waals surface area (Å²) in [7, 11) is 1.52. The Morgan fingerprint density at radius 1 is 1.38 bits per heavy atom. The van der Waals surface area contributed by atoms with Crippen molar-refractivity contribution in [3.05, 3.63) is 29.0 Å². The van der Waals surface area contributed by atoms with Gasteiger partial charge in [-0.3, -0.25) is 9.59 Å². The van der Waals surface area contributed by atoms with E-state index in [2.05, 4.69) is 15.6 Å². The largest absolute Gasteiger partial charge is 0.493 e. The van der Waals surface area contributed by atoms with E-state index in [9.17, 15) is 18.4 Å². The summed E-state index contributed by atoms with van der Waals surface area (Å²) in [6.45, 7) is 0.584. The number of aromatic nitrogens is 1. The summed E-state index contributed by atoms with van der Waals surface area (Å²) < 4.78 is 30.1. The molecule has 1 aromatic carbocycles. The van der Waals surface area contributed by atoms with Gasteiger partial charge in [-0.25, -0.2) is 0 Å². The average molecular weight is 337 g/mol. The molecule has 8 heteroatoms. The number of carbonyl (C=O) groups excluding carboxylic acids is 2. The molecular weight excluding hydrogens is 320 g/mol. The molecule has 0 radical (unpaired) electrons. The molecule has 24 heavy (non-hydrogen) atoms. The van der Waals surface area contributed by atoms with Gasteiger partial charge in [0, 0.05) is 36.5 Å². The number of H-pyrrole nitrogens is 1. The molecule has 2 heterocycles. The van der Waals surface area contributed by atoms with Crippen molar-refractivity contribution >= 4 is 22.7 Å². The molecule has 3 rings (SSSR count). The zero-order valence-electron chi connectivity index (χ0n) is 13.0. The minimum absolute atomic E-state index is 0.0185. The van der Waals surface area contributed by atoms with E-state index in [-0.39, 0.29) is 18.9 Å². The van der Waals surface area contributed by atoms with Crippen molar-refractivity contribution in [3.8, 4) is 5.75 Å². The van der Waals surface area contributed by atoms with Gasteiger partial charge < -0.3 is 20.4 Å². The highest BCUT2D eigenvalue weighted by Gasteiger charge is 2.24. The van der Waals surface area contributed by atoms with Gasteiger partial charge in [-0.05, 0) is 24.1 Å². The molecule has 0 aliphatic carbocycles. The molecule has 1 aliphatic heterocycles. The van der Waals surface area contributed by atoms with Crippen LogP contribution < -0.4 is 15.4 Å². The van der Waals surface area contributed by atoms with E-state index in [1.165, 1.54) is 7.05 Å². The van der Waals surface area contributed by atoms with Gasteiger partial charge in [0.1, 0.15) is 11.4 Å². The number of ether oxygens (including phenoxy) is 1. The van der Waals surface area contributed by atoms with E-state index >= 15 is 0 Å². The van der Waals surface area contributed by atoms with Gasteiger partial charge in [-0.1, -0.05) is 0 Å². The summed E-state index contributed by atoms with van der Waals surface area (Å²) in [5.41, 5.74) is 2.85. The summed E-state index contributed by atoms with van der Waals surface area (Å²) >= 11 is 0. The van der Waals surface area contributed by atoms with Crippen molar-refractivity contribution in [1.82, 2.24) is 15.6 Å². The molecule has 128 valence electrons. The zero-order valence-corrected chi connectivity index (χ0v) is 13.0. The number of halogens is 2. The number of rotatable bonds is 5. The molecule has 3 N–H and O–H groups in total. The minimum Gasteiger partial charge on any atom is -0.493 e. The van der Waals surface area contributed by atoms with E-state index in [1.807, 2.05) is 12.1 Å². The average Bonchev–Trinajstić information content (AvgIpc) is 3.17. The quantitative estimate of drug-likeness (QED) is 0.771. The van der Waals surface area contributed by atoms with Crippen LogP contribution in [0.2, 0.25) is 0 Å². The normalized spacial score (nSPS) is 13.0. The second-order valence-corrected chi connectivity index (χ2v) is 5.46. The van der Waals surface area contributed by atoms with Gasteiger partial charge in [0.15, 0.2) is 0 Å². The number of fused-ring (bicyclic) bond motifs is 3. The maximum Gasteiger partial charge on any atom is 0.315 e. The molecule has 0 saturated carbocycles. The van der Waals surface area contributed by atoms with Crippen molar-refractivity contribution < 1.29 is 23.1 Å². The Labute approximate surface area is 136 Å². The van der Waals surface area contributed by atoms with E-state index < -0.39 is 12.3 Å². The van der Waals surface area contributed by atoms with Crippen LogP contribution in [-0.2, 0) is 17.6 Å². The molecule has 2 amide bonds. The van der Waals surface area contributed by atoms with Crippen LogP contribution in [0.3, 0.4) is 0 Å². The van der Waals surface area contributed by atoms with Gasteiger partial charge in [-0.2, -0.15) is 8.78 Å². The van der Waals surface area contributed by atoms with E-state index in [4.69, 9.17) is 4.74 Å². The summed E-state index contributed by atoms with van der Waals surface area (Å²) in [6.07, 6.45) is -2.07. The standard InChI is InChI=1S/C16H17F2N3O3/c1-19-15(22)13-9(4-6-20-16(23)14(17)18)12-8-5-7-24-11(8)3-2-10(12)21-13/h2-3,14,21H,4-7H2,1H3,(H,19,22)(H,20,23). The lowest BCUT2D eigenvalue weighted by Gasteiger charge is -2.07. The van der Waals surface area contributed by atoms with Crippen LogP contribution in [0.1, 0.15) is 21.6 Å². The Morgan fingerprint density at radius 3 is 2.88 bits per heavy atom. The first-order valence-corrected chi connectivity index (χ1v) is 7.60. The molecule has 0 saturated heterocycles. The zero-order chi connectivity index (χ0) is 17.3. The fraction of sp³-hybridized carbons (Fsp3) is 0.375. The Kier molecular flexibility index (Phi) is 4.37. The van der Waals surface area contributed by atoms with Crippen LogP contribution in [0.25, 0.3) is 10.9 Å². The van der Waals surface area contributed by atoms with Gasteiger partial charge in [0.05, 0.1) is 6.61 Å². The number of benzene rings is 1. The minimum atomic E-state index is -3.05. The van der Waals surface area contributed by atoms with E-state index in [0.29, 0.717) is 24.3 Å². The van der Waals surface area contributed by atoms with Crippen LogP contribution in [0.15, 0.2) is 12.1 Å². The number of hydrogen-bond acceptors (Lipinski definition) is 3. The summed E-state index contributed by atoms with van der Waals surface area (Å²) in [5.74, 6) is -0.846. The molecule has 0 spiro atoms. The predicted molar refractivity (Wildman–Crippen MR) is 83.6 cm³/mol. The van der Waals surface area contributed by atoms with Gasteiger partial charge in [-0.15, -0.1) is 0 Å². The number of carbonyl (C=O) groups is 2. The van der Waals surface area contributed by atoms with Gasteiger partial charge >= 0.3 is 6.43 Å². The molecule has 0 unspecified atom stereocenters. The van der Waals surface area contributed by atoms with Crippen molar-refractivity contribution in [3.63, 3.8) is 0 Å². The molecular formula is C16H17F2N3O3. The molecule has 1 aromatic heterocycles. The summed E-state index contributed by atoms with van der Waals surface area (Å²) in [4.78, 5) is 26.2. The van der Waals surface area contributed by atoms with Gasteiger partial charge in [0.25, 0.3) is 11.8 Å². The van der Waals surface area contributed by atoms with Crippen molar-refractivity contribution in [2.75, 3.05) is 20.2 Å². The fourth-order valence-corrected chi connectivity index (χ4v) is 3.02. The highest BCUT2D eigenvalue weighted by molar-refractivity contribution is 6.02. The lowest BCUT2D eigenvalue weighted by Crippen LogP contribution is -2.31. The van der Waals surface area contributed by atoms with E-state index in [0.717, 1.165) is 22.2 Å². The Bertz CT molecular complexity index is 801. The molecule has 2 aromatic rings. The summed E-state index contributed by atoms with van der Waals surface area (Å²) in [6, 6.07) is 3.67. The third kappa shape index (κ3) is 2.79. The second kappa shape index (κ2) is 6.46. The third-order valence-corrected chi connectivity index (χ3v) is 4.07. The maximum absolute atomic E-state index is 12.3. The maximum atomic E-state index is 12.3. The Balaban J connectivity index is 1.98. The third-order valence-electron chi connectivity index (χ3n) is 4.07. The first-order chi connectivity index (χ1) is 11.5. The first kappa shape index (κ1) is 16.2. The molecule has 0 bridgehead atoms. The van der Waals surface area contributed by atoms with Crippen molar-refractivity contribution in [2.24, 2.45) is 0 Å². The number of hydrogen-bond donors (Lipinski definition) is 3. The fourth-order valence-electron chi connectivity index (χ4n) is 3.02. The van der Waals surface area contributed by atoms with Crippen LogP contribution in [0, 0.1) is 0 Å². The smallest absolute Gasteiger partial charge is 0.315 e. The van der Waals surface area contributed by atoms with Crippen molar-refractivity contribution in [1.29, 1.82) is 0 Å². The Morgan fingerprint density at radius 2 is 2.17 bits per heavy atom. The lowest BCUT2D eigenvalue weighted by molar-refractivity contribution is -0.131. The lowest BCUT2D eigenvalue weighted by atomic mass is 10.0. The van der Waals surface area contributed by atoms with Crippen LogP contribution >= 0.6 is 0 Å².